The van der Waals surface area contributed by atoms with Crippen molar-refractivity contribution in [3.63, 3.8) is 0 Å². The number of hydrogen-bond acceptors (Lipinski definition) is 4. The maximum absolute atomic E-state index is 12.9. The van der Waals surface area contributed by atoms with Crippen molar-refractivity contribution in [2.24, 2.45) is 5.92 Å². The monoisotopic (exact) mass is 363 g/mol. The number of urea groups is 1. The summed E-state index contributed by atoms with van der Waals surface area (Å²) in [7, 11) is 8.43. The van der Waals surface area contributed by atoms with E-state index in [2.05, 4.69) is 0 Å². The fourth-order valence-electron chi connectivity index (χ4n) is 3.36. The van der Waals surface area contributed by atoms with E-state index >= 15 is 0 Å². The predicted molar refractivity (Wildman–Crippen MR) is 99.4 cm³/mol. The van der Waals surface area contributed by atoms with Crippen molar-refractivity contribution >= 4 is 11.9 Å². The van der Waals surface area contributed by atoms with Gasteiger partial charge < -0.3 is 24.2 Å². The zero-order chi connectivity index (χ0) is 19.3. The first-order valence-corrected chi connectivity index (χ1v) is 8.80. The second kappa shape index (κ2) is 8.78. The normalized spacial score (nSPS) is 16.8. The third-order valence-corrected chi connectivity index (χ3v) is 4.69. The molecule has 144 valence electrons. The van der Waals surface area contributed by atoms with E-state index in [0.717, 1.165) is 18.4 Å². The number of nitrogens with zero attached hydrogens (tertiary/aromatic N) is 3. The predicted octanol–water partition coefficient (Wildman–Crippen LogP) is 2.06. The van der Waals surface area contributed by atoms with Crippen LogP contribution in [0.5, 0.6) is 11.5 Å². The average Bonchev–Trinajstić information content (AvgIpc) is 2.66. The molecule has 2 rings (SSSR count). The third-order valence-electron chi connectivity index (χ3n) is 4.69. The Labute approximate surface area is 155 Å². The number of carbonyl (C=O) groups is 2. The molecule has 3 amide bonds. The molecule has 1 aliphatic rings. The fourth-order valence-corrected chi connectivity index (χ4v) is 3.36. The Hall–Kier alpha value is -2.44. The highest BCUT2D eigenvalue weighted by Crippen LogP contribution is 2.31. The maximum Gasteiger partial charge on any atom is 0.319 e. The van der Waals surface area contributed by atoms with Crippen LogP contribution in [-0.2, 0) is 11.3 Å². The molecule has 1 aromatic carbocycles. The molecule has 26 heavy (non-hydrogen) atoms. The van der Waals surface area contributed by atoms with Gasteiger partial charge in [-0.3, -0.25) is 4.79 Å². The number of para-hydroxylation sites is 1. The van der Waals surface area contributed by atoms with Crippen LogP contribution < -0.4 is 9.47 Å². The summed E-state index contributed by atoms with van der Waals surface area (Å²) in [6.07, 6.45) is 1.64. The lowest BCUT2D eigenvalue weighted by Gasteiger charge is -2.35. The highest BCUT2D eigenvalue weighted by atomic mass is 16.5. The number of methoxy groups -OCH3 is 2. The van der Waals surface area contributed by atoms with Crippen molar-refractivity contribution in [2.75, 3.05) is 48.5 Å². The van der Waals surface area contributed by atoms with Crippen LogP contribution in [0.1, 0.15) is 18.4 Å². The van der Waals surface area contributed by atoms with E-state index in [1.165, 1.54) is 0 Å². The van der Waals surface area contributed by atoms with E-state index in [-0.39, 0.29) is 17.9 Å². The number of ether oxygens (including phenoxy) is 2. The highest BCUT2D eigenvalue weighted by molar-refractivity contribution is 5.80. The standard InChI is InChI=1S/C19H29N3O4/c1-20(2)19(24)22-11-7-9-15(13-22)18(23)21(3)12-14-8-6-10-16(25-4)17(14)26-5/h6,8,10,15H,7,9,11-13H2,1-5H3. The van der Waals surface area contributed by atoms with Crippen LogP contribution in [0, 0.1) is 5.92 Å². The smallest absolute Gasteiger partial charge is 0.319 e. The Morgan fingerprint density at radius 3 is 2.54 bits per heavy atom. The van der Waals surface area contributed by atoms with Crippen molar-refractivity contribution < 1.29 is 19.1 Å². The molecule has 0 bridgehead atoms. The minimum Gasteiger partial charge on any atom is -0.493 e. The van der Waals surface area contributed by atoms with E-state index in [4.69, 9.17) is 9.47 Å². The number of piperidine rings is 1. The van der Waals surface area contributed by atoms with Crippen molar-refractivity contribution in [1.29, 1.82) is 0 Å². The Morgan fingerprint density at radius 1 is 1.19 bits per heavy atom. The number of carbonyl (C=O) groups excluding carboxylic acids is 2. The highest BCUT2D eigenvalue weighted by Gasteiger charge is 2.31. The van der Waals surface area contributed by atoms with Gasteiger partial charge in [-0.1, -0.05) is 12.1 Å². The van der Waals surface area contributed by atoms with Crippen molar-refractivity contribution in [3.8, 4) is 11.5 Å². The number of rotatable bonds is 5. The minimum atomic E-state index is -0.172. The molecular weight excluding hydrogens is 334 g/mol. The first-order chi connectivity index (χ1) is 12.4. The lowest BCUT2D eigenvalue weighted by atomic mass is 9.96. The Morgan fingerprint density at radius 2 is 1.92 bits per heavy atom. The van der Waals surface area contributed by atoms with Gasteiger partial charge in [0.15, 0.2) is 11.5 Å². The second-order valence-electron chi connectivity index (χ2n) is 6.81. The van der Waals surface area contributed by atoms with Crippen LogP contribution >= 0.6 is 0 Å². The van der Waals surface area contributed by atoms with E-state index in [9.17, 15) is 9.59 Å². The molecule has 0 aliphatic carbocycles. The Kier molecular flexibility index (Phi) is 6.71. The molecule has 1 aliphatic heterocycles. The van der Waals surface area contributed by atoms with Gasteiger partial charge in [-0.25, -0.2) is 4.79 Å². The van der Waals surface area contributed by atoms with Gasteiger partial charge in [0.05, 0.1) is 20.1 Å². The molecule has 1 atom stereocenters. The number of hydrogen-bond donors (Lipinski definition) is 0. The molecule has 1 fully saturated rings. The molecule has 0 spiro atoms. The van der Waals surface area contributed by atoms with Crippen molar-refractivity contribution in [3.05, 3.63) is 23.8 Å². The molecule has 0 radical (unpaired) electrons. The number of amides is 3. The molecule has 7 heteroatoms. The average molecular weight is 363 g/mol. The van der Waals surface area contributed by atoms with Crippen LogP contribution in [0.25, 0.3) is 0 Å². The lowest BCUT2D eigenvalue weighted by molar-refractivity contribution is -0.136. The third kappa shape index (κ3) is 4.39. The van der Waals surface area contributed by atoms with Gasteiger partial charge in [-0.15, -0.1) is 0 Å². The van der Waals surface area contributed by atoms with Crippen molar-refractivity contribution in [2.45, 2.75) is 19.4 Å². The number of benzene rings is 1. The zero-order valence-corrected chi connectivity index (χ0v) is 16.3. The summed E-state index contributed by atoms with van der Waals surface area (Å²) in [5.41, 5.74) is 0.889. The van der Waals surface area contributed by atoms with Gasteiger partial charge in [0.2, 0.25) is 5.91 Å². The quantitative estimate of drug-likeness (QED) is 0.803. The first kappa shape index (κ1) is 19.9. The largest absolute Gasteiger partial charge is 0.493 e. The van der Waals surface area contributed by atoms with E-state index in [0.29, 0.717) is 31.1 Å². The maximum atomic E-state index is 12.9. The molecule has 1 unspecified atom stereocenters. The Bertz CT molecular complexity index is 648. The molecular formula is C19H29N3O4. The second-order valence-corrected chi connectivity index (χ2v) is 6.81. The summed E-state index contributed by atoms with van der Waals surface area (Å²) in [5.74, 6) is 1.16. The summed E-state index contributed by atoms with van der Waals surface area (Å²) in [6.45, 7) is 1.60. The molecule has 0 N–H and O–H groups in total. The van der Waals surface area contributed by atoms with Gasteiger partial charge in [0, 0.05) is 46.3 Å². The van der Waals surface area contributed by atoms with Gasteiger partial charge in [0.1, 0.15) is 0 Å². The lowest BCUT2D eigenvalue weighted by Crippen LogP contribution is -2.48. The van der Waals surface area contributed by atoms with E-state index < -0.39 is 0 Å². The summed E-state index contributed by atoms with van der Waals surface area (Å²) < 4.78 is 10.8. The fraction of sp³-hybridized carbons (Fsp3) is 0.579. The van der Waals surface area contributed by atoms with Crippen molar-refractivity contribution in [1.82, 2.24) is 14.7 Å². The number of likely N-dealkylation sites (tertiary alicyclic amines) is 1. The van der Waals surface area contributed by atoms with Crippen LogP contribution in [-0.4, -0.2) is 75.1 Å². The van der Waals surface area contributed by atoms with E-state index in [1.807, 2.05) is 18.2 Å². The molecule has 1 saturated heterocycles. The van der Waals surface area contributed by atoms with E-state index in [1.54, 1.807) is 50.1 Å². The summed E-state index contributed by atoms with van der Waals surface area (Å²) >= 11 is 0. The van der Waals surface area contributed by atoms with Gasteiger partial charge in [0.25, 0.3) is 0 Å². The topological polar surface area (TPSA) is 62.3 Å². The van der Waals surface area contributed by atoms with Gasteiger partial charge in [-0.05, 0) is 18.9 Å². The van der Waals surface area contributed by atoms with Crippen LogP contribution in [0.2, 0.25) is 0 Å². The summed E-state index contributed by atoms with van der Waals surface area (Å²) in [6, 6.07) is 5.59. The summed E-state index contributed by atoms with van der Waals surface area (Å²) in [5, 5.41) is 0. The van der Waals surface area contributed by atoms with Crippen LogP contribution in [0.15, 0.2) is 18.2 Å². The first-order valence-electron chi connectivity index (χ1n) is 8.80. The molecule has 1 aromatic rings. The van der Waals surface area contributed by atoms with Gasteiger partial charge >= 0.3 is 6.03 Å². The molecule has 7 nitrogen and oxygen atoms in total. The minimum absolute atomic E-state index is 0.0420. The van der Waals surface area contributed by atoms with Crippen LogP contribution in [0.4, 0.5) is 4.79 Å². The SMILES string of the molecule is COc1cccc(CN(C)C(=O)C2CCCN(C(=O)N(C)C)C2)c1OC. The Balaban J connectivity index is 2.07. The zero-order valence-electron chi connectivity index (χ0n) is 16.3. The molecule has 0 saturated carbocycles. The molecule has 0 aromatic heterocycles. The van der Waals surface area contributed by atoms with Crippen LogP contribution in [0.3, 0.4) is 0 Å². The van der Waals surface area contributed by atoms with Gasteiger partial charge in [-0.2, -0.15) is 0 Å². The molecule has 1 heterocycles. The summed E-state index contributed by atoms with van der Waals surface area (Å²) in [4.78, 5) is 30.1.